The molecular formula is H4O2P2S4. The van der Waals surface area contributed by atoms with E-state index in [1.54, 1.807) is 0 Å². The predicted molar refractivity (Wildman–Crippen MR) is 50.9 cm³/mol. The molecule has 2 nitrogen and oxygen atoms in total. The van der Waals surface area contributed by atoms with Gasteiger partial charge in [-0.25, -0.2) is 8.42 Å². The topological polar surface area (TPSA) is 34.1 Å². The number of hydrogen-bond donors (Lipinski definition) is 0. The van der Waals surface area contributed by atoms with Crippen molar-refractivity contribution in [3.8, 4) is 0 Å². The lowest BCUT2D eigenvalue weighted by atomic mass is 16.0. The molecule has 0 N–H and O–H groups in total. The Labute approximate surface area is 63.7 Å². The lowest BCUT2D eigenvalue weighted by Gasteiger charge is -1.87. The molecule has 8 heavy (non-hydrogen) atoms. The first kappa shape index (κ1) is 9.86. The van der Waals surface area contributed by atoms with Crippen molar-refractivity contribution in [3.63, 3.8) is 0 Å². The smallest absolute Gasteiger partial charge is 0.107 e. The summed E-state index contributed by atoms with van der Waals surface area (Å²) >= 11 is 0. The summed E-state index contributed by atoms with van der Waals surface area (Å²) in [6.07, 6.45) is 0. The first-order valence-corrected chi connectivity index (χ1v) is 9.74. The summed E-state index contributed by atoms with van der Waals surface area (Å²) in [5.41, 5.74) is 0. The highest BCUT2D eigenvalue weighted by Crippen LogP contribution is 2.33. The van der Waals surface area contributed by atoms with Gasteiger partial charge in [0.05, 0.1) is 0 Å². The molecular weight excluding hydrogens is 222 g/mol. The van der Waals surface area contributed by atoms with Crippen LogP contribution in [0, 0.1) is 0 Å². The minimum atomic E-state index is -0.996. The molecule has 0 fully saturated rings. The van der Waals surface area contributed by atoms with Crippen LogP contribution in [-0.2, 0) is 18.9 Å². The Balaban J connectivity index is 3.18. The van der Waals surface area contributed by atoms with Crippen molar-refractivity contribution in [2.24, 2.45) is 0 Å². The summed E-state index contributed by atoms with van der Waals surface area (Å²) in [5.74, 6) is 0. The Morgan fingerprint density at radius 1 is 1.00 bits per heavy atom. The quantitative estimate of drug-likeness (QED) is 0.536. The van der Waals surface area contributed by atoms with E-state index in [4.69, 9.17) is 0 Å². The van der Waals surface area contributed by atoms with Gasteiger partial charge in [0.15, 0.2) is 0 Å². The third-order valence-corrected chi connectivity index (χ3v) is 10.1. The molecule has 0 heterocycles. The second kappa shape index (κ2) is 5.63. The average Bonchev–Trinajstić information content (AvgIpc) is 1.61. The number of rotatable bonds is 3. The first-order chi connectivity index (χ1) is 3.63. The molecule has 50 valence electrons. The molecule has 0 aromatic carbocycles. The van der Waals surface area contributed by atoms with E-state index in [9.17, 15) is 8.42 Å². The predicted octanol–water partition coefficient (Wildman–Crippen LogP) is 1.28. The van der Waals surface area contributed by atoms with Gasteiger partial charge in [-0.05, 0) is 16.9 Å². The molecule has 0 spiro atoms. The van der Waals surface area contributed by atoms with E-state index in [1.165, 1.54) is 0 Å². The monoisotopic (exact) mass is 226 g/mol. The Morgan fingerprint density at radius 3 is 1.38 bits per heavy atom. The van der Waals surface area contributed by atoms with Crippen LogP contribution in [0.2, 0.25) is 0 Å². The molecule has 0 aliphatic carbocycles. The van der Waals surface area contributed by atoms with Gasteiger partial charge in [0, 0.05) is 19.7 Å². The Morgan fingerprint density at radius 2 is 1.25 bits per heavy atom. The minimum Gasteiger partial charge on any atom is -0.243 e. The van der Waals surface area contributed by atoms with Crippen LogP contribution in [0.1, 0.15) is 0 Å². The molecule has 4 atom stereocenters. The first-order valence-electron chi connectivity index (χ1n) is 1.30. The summed E-state index contributed by atoms with van der Waals surface area (Å²) in [5, 5.41) is 0. The van der Waals surface area contributed by atoms with Gasteiger partial charge < -0.3 is 0 Å². The summed E-state index contributed by atoms with van der Waals surface area (Å²) in [7, 11) is 4.34. The van der Waals surface area contributed by atoms with Crippen molar-refractivity contribution < 1.29 is 8.42 Å². The maximum absolute atomic E-state index is 10.2. The van der Waals surface area contributed by atoms with Crippen molar-refractivity contribution in [1.29, 1.82) is 0 Å². The normalized spacial score (nSPS) is 17.8. The van der Waals surface area contributed by atoms with Crippen molar-refractivity contribution >= 4 is 55.4 Å². The highest BCUT2D eigenvalue weighted by atomic mass is 33.8. The molecule has 0 saturated heterocycles. The van der Waals surface area contributed by atoms with Gasteiger partial charge in [-0.3, -0.25) is 0 Å². The molecule has 0 rings (SSSR count). The summed E-state index contributed by atoms with van der Waals surface area (Å²) in [6, 6.07) is 0. The molecule has 0 aromatic heterocycles. The maximum Gasteiger partial charge on any atom is 0.107 e. The van der Waals surface area contributed by atoms with Crippen LogP contribution in [0.4, 0.5) is 0 Å². The molecule has 8 heteroatoms. The zero-order valence-corrected chi connectivity index (χ0v) is 9.18. The van der Waals surface area contributed by atoms with E-state index in [0.29, 0.717) is 0 Å². The van der Waals surface area contributed by atoms with E-state index in [2.05, 4.69) is 16.9 Å². The second-order valence-corrected chi connectivity index (χ2v) is 11.8. The van der Waals surface area contributed by atoms with Gasteiger partial charge >= 0.3 is 0 Å². The van der Waals surface area contributed by atoms with E-state index >= 15 is 0 Å². The third kappa shape index (κ3) is 7.86. The van der Waals surface area contributed by atoms with Crippen LogP contribution in [-0.4, -0.2) is 8.42 Å². The molecule has 0 saturated carbocycles. The van der Waals surface area contributed by atoms with Crippen molar-refractivity contribution in [2.75, 3.05) is 0 Å². The lowest BCUT2D eigenvalue weighted by molar-refractivity contribution is 0.698. The van der Waals surface area contributed by atoms with Crippen LogP contribution in [0.25, 0.3) is 0 Å². The maximum atomic E-state index is 10.2. The van der Waals surface area contributed by atoms with Gasteiger partial charge in [-0.1, -0.05) is 0 Å². The SMILES string of the molecule is O=S(P)SSS(=O)P. The zero-order valence-electron chi connectivity index (χ0n) is 3.60. The van der Waals surface area contributed by atoms with Crippen LogP contribution in [0.5, 0.6) is 0 Å². The van der Waals surface area contributed by atoms with Gasteiger partial charge in [0.1, 0.15) is 18.9 Å². The molecule has 0 aliphatic rings. The summed E-state index contributed by atoms with van der Waals surface area (Å²) < 4.78 is 20.4. The standard InChI is InChI=1S/H4O2P2S4/c1-7(3)5-6-8(2)4/h3-4H2. The fourth-order valence-electron chi connectivity index (χ4n) is 0.0548. The van der Waals surface area contributed by atoms with Crippen LogP contribution in [0.3, 0.4) is 0 Å². The third-order valence-electron chi connectivity index (χ3n) is 0.162. The largest absolute Gasteiger partial charge is 0.243 e. The van der Waals surface area contributed by atoms with Gasteiger partial charge in [0.25, 0.3) is 0 Å². The molecule has 0 aliphatic heterocycles. The Kier molecular flexibility index (Phi) is 6.94. The molecule has 0 radical (unpaired) electrons. The summed E-state index contributed by atoms with van der Waals surface area (Å²) in [6.45, 7) is 0. The second-order valence-electron chi connectivity index (χ2n) is 0.657. The lowest BCUT2D eigenvalue weighted by Crippen LogP contribution is -1.60. The minimum absolute atomic E-state index is 0.996. The molecule has 0 bridgehead atoms. The van der Waals surface area contributed by atoms with Gasteiger partial charge in [0.2, 0.25) is 0 Å². The van der Waals surface area contributed by atoms with Crippen molar-refractivity contribution in [2.45, 2.75) is 0 Å². The fraction of sp³-hybridized carbons (Fsp3) is 0. The van der Waals surface area contributed by atoms with E-state index in [-0.39, 0.29) is 0 Å². The average molecular weight is 226 g/mol. The van der Waals surface area contributed by atoms with Crippen molar-refractivity contribution in [3.05, 3.63) is 0 Å². The van der Waals surface area contributed by atoms with Crippen LogP contribution < -0.4 is 0 Å². The van der Waals surface area contributed by atoms with Gasteiger partial charge in [-0.2, -0.15) is 0 Å². The van der Waals surface area contributed by atoms with Crippen LogP contribution >= 0.6 is 36.5 Å². The fourth-order valence-corrected chi connectivity index (χ4v) is 9.63. The van der Waals surface area contributed by atoms with E-state index in [0.717, 1.165) is 19.7 Å². The Bertz CT molecular complexity index is 96.6. The molecule has 0 amide bonds. The number of hydrogen-bond acceptors (Lipinski definition) is 4. The van der Waals surface area contributed by atoms with E-state index in [1.807, 2.05) is 0 Å². The Hall–Kier alpha value is 1.86. The molecule has 4 unspecified atom stereocenters. The van der Waals surface area contributed by atoms with E-state index < -0.39 is 18.9 Å². The van der Waals surface area contributed by atoms with Crippen LogP contribution in [0.15, 0.2) is 0 Å². The highest BCUT2D eigenvalue weighted by Gasteiger charge is 1.94. The molecule has 0 aromatic rings. The zero-order chi connectivity index (χ0) is 6.57. The summed E-state index contributed by atoms with van der Waals surface area (Å²) in [4.78, 5) is 0. The van der Waals surface area contributed by atoms with Crippen molar-refractivity contribution in [1.82, 2.24) is 0 Å². The van der Waals surface area contributed by atoms with Gasteiger partial charge in [-0.15, -0.1) is 0 Å². The highest BCUT2D eigenvalue weighted by molar-refractivity contribution is 9.29.